The van der Waals surface area contributed by atoms with Gasteiger partial charge in [-0.25, -0.2) is 14.8 Å². The molecule has 1 atom stereocenters. The number of hydrogen-bond donors (Lipinski definition) is 6. The van der Waals surface area contributed by atoms with E-state index < -0.39 is 41.4 Å². The monoisotopic (exact) mass is 1130 g/mol. The molecule has 26 nitrogen and oxygen atoms in total. The van der Waals surface area contributed by atoms with Crippen molar-refractivity contribution in [1.29, 1.82) is 0 Å². The number of carbonyl (C=O) groups excluding carboxylic acids is 5. The molecule has 1 saturated heterocycles. The van der Waals surface area contributed by atoms with Gasteiger partial charge in [0.1, 0.15) is 11.8 Å². The van der Waals surface area contributed by atoms with E-state index in [9.17, 15) is 54.0 Å². The summed E-state index contributed by atoms with van der Waals surface area (Å²) < 4.78 is 16.9. The third-order valence-electron chi connectivity index (χ3n) is 12.7. The minimum absolute atomic E-state index is 0.00439. The molecule has 0 bridgehead atoms. The van der Waals surface area contributed by atoms with Crippen LogP contribution in [0.5, 0.6) is 0 Å². The number of nitrogens with zero attached hydrogens (tertiary/aromatic N) is 7. The lowest BCUT2D eigenvalue weighted by Crippen LogP contribution is -2.51. The summed E-state index contributed by atoms with van der Waals surface area (Å²) in [5.74, 6) is -5.76. The van der Waals surface area contributed by atoms with Gasteiger partial charge in [0, 0.05) is 122 Å². The van der Waals surface area contributed by atoms with Gasteiger partial charge >= 0.3 is 5.97 Å². The van der Waals surface area contributed by atoms with Gasteiger partial charge in [0.15, 0.2) is 11.2 Å². The fraction of sp³-hybridized carbons (Fsp3) is 0.528. The highest BCUT2D eigenvalue weighted by Gasteiger charge is 2.22. The number of hydrogen-bond acceptors (Lipinski definition) is 23. The Balaban J connectivity index is 0.857. The number of ether oxygens (including phenoxy) is 3. The summed E-state index contributed by atoms with van der Waals surface area (Å²) in [4.78, 5) is 106. The molecule has 436 valence electrons. The number of benzene rings is 2. The van der Waals surface area contributed by atoms with Gasteiger partial charge in [-0.3, -0.25) is 39.0 Å². The second-order valence-electron chi connectivity index (χ2n) is 19.1. The van der Waals surface area contributed by atoms with Gasteiger partial charge in [-0.05, 0) is 80.5 Å². The summed E-state index contributed by atoms with van der Waals surface area (Å²) >= 11 is 5.58. The molecule has 27 heteroatoms. The number of amides is 1. The molecule has 1 aliphatic rings. The van der Waals surface area contributed by atoms with Crippen molar-refractivity contribution in [2.75, 3.05) is 128 Å². The van der Waals surface area contributed by atoms with Crippen LogP contribution in [0.4, 0.5) is 17.3 Å². The zero-order valence-electron chi connectivity index (χ0n) is 44.7. The number of aliphatic carboxylic acids is 4. The Morgan fingerprint density at radius 1 is 0.675 bits per heavy atom. The number of aromatic nitrogens is 4. The van der Waals surface area contributed by atoms with Crippen molar-refractivity contribution in [2.24, 2.45) is 0 Å². The van der Waals surface area contributed by atoms with E-state index in [0.717, 1.165) is 24.1 Å². The van der Waals surface area contributed by atoms with E-state index in [-0.39, 0.29) is 100 Å². The summed E-state index contributed by atoms with van der Waals surface area (Å²) in [6.45, 7) is 5.16. The highest BCUT2D eigenvalue weighted by atomic mass is 32.1. The van der Waals surface area contributed by atoms with Crippen LogP contribution in [0, 0.1) is 0 Å². The highest BCUT2D eigenvalue weighted by molar-refractivity contribution is 7.80. The van der Waals surface area contributed by atoms with Crippen LogP contribution in [0.3, 0.4) is 0 Å². The number of nitrogens with one attached hydrogen (secondary N) is 4. The van der Waals surface area contributed by atoms with Crippen molar-refractivity contribution in [1.82, 2.24) is 44.9 Å². The molecule has 0 spiro atoms. The van der Waals surface area contributed by atoms with E-state index in [4.69, 9.17) is 32.2 Å². The average molecular weight is 1130 g/mol. The van der Waals surface area contributed by atoms with Crippen LogP contribution in [0.25, 0.3) is 11.2 Å². The topological polar surface area (TPSA) is 366 Å². The molecule has 3 heterocycles. The SMILES string of the molecule is Nc1nc2ncc(CNc3ccc(C(=O)N[C@@H](CCC(=O)CCCCOCCOCCOCCCCC(=S)Nc4ccc(CN5CCN(CC(=O)[O-])CCN(CC(=O)[O-])CCN(CC(=O)[O-])CC5)cc4)C(=O)O)cc3)nc2c(=O)[nH]1. The summed E-state index contributed by atoms with van der Waals surface area (Å²) in [5.41, 5.74) is 8.37. The third kappa shape index (κ3) is 24.9. The second kappa shape index (κ2) is 34.8. The molecule has 2 aromatic carbocycles. The van der Waals surface area contributed by atoms with E-state index in [1.54, 1.807) is 26.8 Å². The fourth-order valence-electron chi connectivity index (χ4n) is 8.41. The minimum atomic E-state index is -1.27. The third-order valence-corrected chi connectivity index (χ3v) is 13.0. The Hall–Kier alpha value is -7.11. The van der Waals surface area contributed by atoms with E-state index >= 15 is 0 Å². The standard InChI is InChI=1S/C53H74N12O14S/c54-53-60-49-48(51(74)61-53)58-41(32-56-49)31-55-39-13-9-38(10-14-39)50(73)59-43(52(75)76)16-15-42(66)5-1-3-25-77-27-29-79-30-28-78-26-4-2-6-44(80)57-40-11-7-37(8-12-40)33-62-17-19-63(34-45(67)68)21-23-65(36-47(71)72)24-22-64(20-18-62)35-46(69)70/h7-14,32,43,55H,1-6,15-31,33-36H2,(H,57,80)(H,59,73)(H,67,68)(H,69,70)(H,71,72)(H,75,76)(H3,54,56,60,61,74)/p-3/t43-/m0/s1. The maximum absolute atomic E-state index is 12.9. The van der Waals surface area contributed by atoms with Crippen LogP contribution in [-0.4, -0.2) is 203 Å². The molecule has 1 amide bonds. The summed E-state index contributed by atoms with van der Waals surface area (Å²) in [6, 6.07) is 12.9. The predicted octanol–water partition coefficient (Wildman–Crippen LogP) is -1.76. The Morgan fingerprint density at radius 2 is 1.19 bits per heavy atom. The van der Waals surface area contributed by atoms with Crippen LogP contribution in [0.15, 0.2) is 59.5 Å². The van der Waals surface area contributed by atoms with Gasteiger partial charge in [-0.2, -0.15) is 4.98 Å². The van der Waals surface area contributed by atoms with Crippen LogP contribution in [0.1, 0.15) is 73.0 Å². The van der Waals surface area contributed by atoms with Gasteiger partial charge in [-0.1, -0.05) is 24.4 Å². The Kier molecular flexibility index (Phi) is 27.7. The molecular formula is C53H71N12O14S-3. The molecule has 2 aromatic heterocycles. The number of nitrogen functional groups attached to an aromatic ring is 1. The van der Waals surface area contributed by atoms with E-state index in [1.165, 1.54) is 18.3 Å². The first kappa shape index (κ1) is 63.7. The smallest absolute Gasteiger partial charge is 0.326 e. The number of anilines is 3. The van der Waals surface area contributed by atoms with Gasteiger partial charge in [0.2, 0.25) is 5.95 Å². The Bertz CT molecular complexity index is 2670. The number of ketones is 1. The molecular weight excluding hydrogens is 1060 g/mol. The lowest BCUT2D eigenvalue weighted by Gasteiger charge is -2.34. The summed E-state index contributed by atoms with van der Waals surface area (Å²) in [5, 5.41) is 53.0. The summed E-state index contributed by atoms with van der Waals surface area (Å²) in [6.07, 6.45) is 5.18. The second-order valence-corrected chi connectivity index (χ2v) is 19.6. The van der Waals surface area contributed by atoms with Crippen LogP contribution in [0.2, 0.25) is 0 Å². The van der Waals surface area contributed by atoms with E-state index in [2.05, 4.69) is 40.8 Å². The first-order chi connectivity index (χ1) is 38.5. The molecule has 0 saturated carbocycles. The van der Waals surface area contributed by atoms with E-state index in [0.29, 0.717) is 108 Å². The number of Topliss-reactive ketones (excluding diaryl/α,β-unsaturated/α-hetero) is 1. The quantitative estimate of drug-likeness (QED) is 0.0223. The maximum Gasteiger partial charge on any atom is 0.326 e. The number of fused-ring (bicyclic) bond motifs is 1. The molecule has 0 unspecified atom stereocenters. The lowest BCUT2D eigenvalue weighted by molar-refractivity contribution is -0.308. The average Bonchev–Trinajstić information content (AvgIpc) is 3.42. The normalized spacial score (nSPS) is 14.6. The zero-order chi connectivity index (χ0) is 57.7. The number of thiocarbonyl (C=S) groups is 1. The molecule has 4 aromatic rings. The van der Waals surface area contributed by atoms with Crippen molar-refractivity contribution in [3.05, 3.63) is 81.9 Å². The van der Waals surface area contributed by atoms with Gasteiger partial charge in [-0.15, -0.1) is 0 Å². The van der Waals surface area contributed by atoms with Crippen molar-refractivity contribution in [2.45, 2.75) is 70.5 Å². The number of carboxylic acid groups (broad SMARTS) is 4. The van der Waals surface area contributed by atoms with Crippen molar-refractivity contribution in [3.8, 4) is 0 Å². The predicted molar refractivity (Wildman–Crippen MR) is 292 cm³/mol. The molecule has 1 aliphatic heterocycles. The molecule has 0 aliphatic carbocycles. The van der Waals surface area contributed by atoms with Crippen molar-refractivity contribution >= 4 is 81.3 Å². The Labute approximate surface area is 468 Å². The molecule has 1 fully saturated rings. The van der Waals surface area contributed by atoms with Crippen molar-refractivity contribution < 1.29 is 63.4 Å². The molecule has 80 heavy (non-hydrogen) atoms. The summed E-state index contributed by atoms with van der Waals surface area (Å²) in [7, 11) is 0. The minimum Gasteiger partial charge on any atom is -0.549 e. The number of H-pyrrole nitrogens is 1. The molecule has 5 rings (SSSR count). The highest BCUT2D eigenvalue weighted by Crippen LogP contribution is 2.16. The van der Waals surface area contributed by atoms with Gasteiger partial charge in [0.05, 0.1) is 67.8 Å². The number of carboxylic acids is 4. The van der Waals surface area contributed by atoms with Crippen LogP contribution < -0.4 is 42.6 Å². The molecule has 0 radical (unpaired) electrons. The van der Waals surface area contributed by atoms with Gasteiger partial charge in [0.25, 0.3) is 11.5 Å². The van der Waals surface area contributed by atoms with Crippen LogP contribution in [-0.2, 0) is 51.3 Å². The number of unbranched alkanes of at least 4 members (excludes halogenated alkanes) is 2. The molecule has 7 N–H and O–H groups in total. The number of nitrogens with two attached hydrogens (primary N) is 1. The van der Waals surface area contributed by atoms with E-state index in [1.807, 2.05) is 24.3 Å². The number of aromatic amines is 1. The fourth-order valence-corrected chi connectivity index (χ4v) is 8.67. The maximum atomic E-state index is 12.9. The Morgan fingerprint density at radius 3 is 1.73 bits per heavy atom. The van der Waals surface area contributed by atoms with Crippen molar-refractivity contribution in [3.63, 3.8) is 0 Å². The van der Waals surface area contributed by atoms with Gasteiger partial charge < -0.3 is 70.7 Å². The van der Waals surface area contributed by atoms with Crippen LogP contribution >= 0.6 is 12.2 Å². The first-order valence-corrected chi connectivity index (χ1v) is 26.9. The zero-order valence-corrected chi connectivity index (χ0v) is 45.6. The lowest BCUT2D eigenvalue weighted by atomic mass is 10.0. The first-order valence-electron chi connectivity index (χ1n) is 26.5. The number of rotatable bonds is 34. The largest absolute Gasteiger partial charge is 0.549 e. The number of carbonyl (C=O) groups is 6.